The van der Waals surface area contributed by atoms with Crippen LogP contribution in [0.2, 0.25) is 0 Å². The van der Waals surface area contributed by atoms with Crippen LogP contribution in [0.1, 0.15) is 5.56 Å². The molecule has 1 heterocycles. The van der Waals surface area contributed by atoms with E-state index in [0.29, 0.717) is 5.69 Å². The van der Waals surface area contributed by atoms with E-state index in [1.165, 1.54) is 12.7 Å². The molecule has 1 atom stereocenters. The number of fused-ring (bicyclic) bond motifs is 1. The summed E-state index contributed by atoms with van der Waals surface area (Å²) in [6.07, 6.45) is 2.02. The van der Waals surface area contributed by atoms with Gasteiger partial charge in [-0.2, -0.15) is 4.36 Å². The van der Waals surface area contributed by atoms with Gasteiger partial charge in [-0.05, 0) is 23.8 Å². The fourth-order valence-electron chi connectivity index (χ4n) is 2.37. The topological polar surface area (TPSA) is 43.6 Å². The number of rotatable bonds is 4. The third kappa shape index (κ3) is 3.24. The third-order valence-electron chi connectivity index (χ3n) is 3.37. The molecule has 2 aromatic carbocycles. The molecule has 22 heavy (non-hydrogen) atoms. The Balaban J connectivity index is 2.09. The summed E-state index contributed by atoms with van der Waals surface area (Å²) < 4.78 is 23.5. The largest absolute Gasteiger partial charge is 0.343 e. The van der Waals surface area contributed by atoms with E-state index in [4.69, 9.17) is 4.18 Å². The summed E-state index contributed by atoms with van der Waals surface area (Å²) in [6.45, 7) is 0.774. The average molecular weight is 379 g/mol. The normalized spacial score (nSPS) is 12.8. The van der Waals surface area contributed by atoms with Gasteiger partial charge in [0.25, 0.3) is 0 Å². The summed E-state index contributed by atoms with van der Waals surface area (Å²) in [5.41, 5.74) is 2.93. The summed E-state index contributed by atoms with van der Waals surface area (Å²) in [7, 11) is -0.647. The maximum atomic E-state index is 11.6. The summed E-state index contributed by atoms with van der Waals surface area (Å²) in [6, 6.07) is 16.1. The first-order chi connectivity index (χ1) is 10.7. The second-order valence-electron chi connectivity index (χ2n) is 4.81. The van der Waals surface area contributed by atoms with Gasteiger partial charge in [0.2, 0.25) is 0 Å². The van der Waals surface area contributed by atoms with E-state index in [1.807, 2.05) is 42.6 Å². The van der Waals surface area contributed by atoms with Crippen molar-refractivity contribution in [2.45, 2.75) is 6.54 Å². The van der Waals surface area contributed by atoms with Gasteiger partial charge in [0.15, 0.2) is 10.9 Å². The Hall–Kier alpha value is -1.63. The summed E-state index contributed by atoms with van der Waals surface area (Å²) >= 11 is 3.49. The predicted molar refractivity (Wildman–Crippen MR) is 93.8 cm³/mol. The standard InChI is InChI=1S/C16H15BrN2O2S/c1-21-22(20)18-15-9-13(17)10-16-14(15)7-8-19(16)11-12-5-3-2-4-6-12/h2-10,22H,11H2,1H3. The molecule has 0 saturated carbocycles. The Labute approximate surface area is 139 Å². The van der Waals surface area contributed by atoms with Crippen LogP contribution >= 0.6 is 15.9 Å². The van der Waals surface area contributed by atoms with Crippen LogP contribution in [-0.4, -0.2) is 15.9 Å². The zero-order valence-electron chi connectivity index (χ0n) is 11.9. The summed E-state index contributed by atoms with van der Waals surface area (Å²) in [4.78, 5) is 0. The average Bonchev–Trinajstić information content (AvgIpc) is 2.91. The molecule has 0 aliphatic carbocycles. The number of aromatic nitrogens is 1. The molecule has 4 nitrogen and oxygen atoms in total. The number of benzene rings is 2. The molecule has 0 bridgehead atoms. The van der Waals surface area contributed by atoms with E-state index in [-0.39, 0.29) is 0 Å². The number of nitrogens with zero attached hydrogens (tertiary/aromatic N) is 2. The van der Waals surface area contributed by atoms with Crippen molar-refractivity contribution in [3.63, 3.8) is 0 Å². The first-order valence-electron chi connectivity index (χ1n) is 6.72. The van der Waals surface area contributed by atoms with Gasteiger partial charge >= 0.3 is 0 Å². The molecule has 0 spiro atoms. The Kier molecular flexibility index (Phi) is 4.61. The lowest BCUT2D eigenvalue weighted by atomic mass is 10.2. The Morgan fingerprint density at radius 1 is 1.23 bits per heavy atom. The molecule has 0 saturated heterocycles. The first kappa shape index (κ1) is 15.3. The maximum Gasteiger partial charge on any atom is 0.156 e. The van der Waals surface area contributed by atoms with Crippen LogP contribution in [-0.2, 0) is 21.6 Å². The van der Waals surface area contributed by atoms with Crippen molar-refractivity contribution in [2.75, 3.05) is 7.11 Å². The molecular weight excluding hydrogens is 364 g/mol. The van der Waals surface area contributed by atoms with E-state index < -0.39 is 10.9 Å². The molecule has 0 fully saturated rings. The van der Waals surface area contributed by atoms with E-state index in [0.717, 1.165) is 21.9 Å². The highest BCUT2D eigenvalue weighted by atomic mass is 79.9. The van der Waals surface area contributed by atoms with Gasteiger partial charge in [0.1, 0.15) is 0 Å². The van der Waals surface area contributed by atoms with Gasteiger partial charge in [-0.15, -0.1) is 0 Å². The molecule has 3 rings (SSSR count). The quantitative estimate of drug-likeness (QED) is 0.687. The summed E-state index contributed by atoms with van der Waals surface area (Å²) in [5.74, 6) is 0. The zero-order valence-corrected chi connectivity index (χ0v) is 14.4. The molecule has 6 heteroatoms. The fourth-order valence-corrected chi connectivity index (χ4v) is 3.23. The lowest BCUT2D eigenvalue weighted by Gasteiger charge is -2.07. The lowest BCUT2D eigenvalue weighted by molar-refractivity contribution is 0.454. The molecule has 1 aromatic heterocycles. The Morgan fingerprint density at radius 3 is 2.73 bits per heavy atom. The van der Waals surface area contributed by atoms with Crippen LogP contribution in [0.25, 0.3) is 10.9 Å². The van der Waals surface area contributed by atoms with Crippen molar-refractivity contribution < 1.29 is 8.39 Å². The molecule has 3 aromatic rings. The van der Waals surface area contributed by atoms with Gasteiger partial charge in [0, 0.05) is 22.6 Å². The highest BCUT2D eigenvalue weighted by Gasteiger charge is 2.08. The molecule has 0 aliphatic heterocycles. The Bertz CT molecular complexity index is 884. The van der Waals surface area contributed by atoms with Crippen LogP contribution in [0.3, 0.4) is 0 Å². The number of hydrogen-bond donors (Lipinski definition) is 1. The van der Waals surface area contributed by atoms with Crippen molar-refractivity contribution >= 4 is 43.4 Å². The van der Waals surface area contributed by atoms with E-state index in [1.54, 1.807) is 0 Å². The van der Waals surface area contributed by atoms with Crippen molar-refractivity contribution in [2.24, 2.45) is 4.36 Å². The van der Waals surface area contributed by atoms with E-state index >= 15 is 0 Å². The van der Waals surface area contributed by atoms with Gasteiger partial charge in [-0.1, -0.05) is 46.3 Å². The second-order valence-corrected chi connectivity index (χ2v) is 6.76. The second kappa shape index (κ2) is 6.64. The van der Waals surface area contributed by atoms with Gasteiger partial charge in [0.05, 0.1) is 18.3 Å². The minimum atomic E-state index is -2.03. The minimum Gasteiger partial charge on any atom is -0.343 e. The fraction of sp³-hybridized carbons (Fsp3) is 0.125. The lowest BCUT2D eigenvalue weighted by Crippen LogP contribution is -1.97. The third-order valence-corrected chi connectivity index (χ3v) is 4.52. The number of halogens is 1. The molecule has 114 valence electrons. The molecule has 0 amide bonds. The van der Waals surface area contributed by atoms with Crippen LogP contribution in [0.4, 0.5) is 5.69 Å². The van der Waals surface area contributed by atoms with Gasteiger partial charge in [-0.25, -0.2) is 4.21 Å². The highest BCUT2D eigenvalue weighted by Crippen LogP contribution is 2.32. The van der Waals surface area contributed by atoms with Crippen LogP contribution < -0.4 is 0 Å². The van der Waals surface area contributed by atoms with Crippen molar-refractivity contribution in [3.8, 4) is 0 Å². The zero-order chi connectivity index (χ0) is 15.5. The van der Waals surface area contributed by atoms with Crippen LogP contribution in [0.15, 0.2) is 63.6 Å². The predicted octanol–water partition coefficient (Wildman–Crippen LogP) is 4.31. The van der Waals surface area contributed by atoms with Crippen molar-refractivity contribution in [1.82, 2.24) is 4.57 Å². The van der Waals surface area contributed by atoms with Crippen molar-refractivity contribution in [3.05, 3.63) is 64.8 Å². The van der Waals surface area contributed by atoms with Crippen LogP contribution in [0, 0.1) is 0 Å². The monoisotopic (exact) mass is 378 g/mol. The molecule has 0 aliphatic rings. The van der Waals surface area contributed by atoms with Gasteiger partial charge in [-0.3, -0.25) is 4.18 Å². The summed E-state index contributed by atoms with van der Waals surface area (Å²) in [5, 5.41) is 0.958. The van der Waals surface area contributed by atoms with Crippen LogP contribution in [0.5, 0.6) is 0 Å². The first-order valence-corrected chi connectivity index (χ1v) is 8.65. The van der Waals surface area contributed by atoms with Crippen molar-refractivity contribution in [1.29, 1.82) is 0 Å². The Morgan fingerprint density at radius 2 is 2.00 bits per heavy atom. The maximum absolute atomic E-state index is 11.6. The van der Waals surface area contributed by atoms with E-state index in [9.17, 15) is 4.21 Å². The highest BCUT2D eigenvalue weighted by molar-refractivity contribution is 9.10. The number of thiol groups is 1. The molecular formula is C16H15BrN2O2S. The SMILES string of the molecule is CO[SH](=O)=Nc1cc(Br)cc2c1ccn2Cc1ccccc1. The minimum absolute atomic E-state index is 0.666. The molecule has 0 radical (unpaired) electrons. The molecule has 0 N–H and O–H groups in total. The van der Waals surface area contributed by atoms with E-state index in [2.05, 4.69) is 37.0 Å². The number of hydrogen-bond acceptors (Lipinski definition) is 3. The molecule has 1 unspecified atom stereocenters. The van der Waals surface area contributed by atoms with Gasteiger partial charge < -0.3 is 4.57 Å². The smallest absolute Gasteiger partial charge is 0.156 e.